The van der Waals surface area contributed by atoms with Gasteiger partial charge in [-0.2, -0.15) is 0 Å². The first kappa shape index (κ1) is 12.0. The van der Waals surface area contributed by atoms with Crippen LogP contribution in [-0.4, -0.2) is 35.9 Å². The summed E-state index contributed by atoms with van der Waals surface area (Å²) in [7, 11) is 0. The summed E-state index contributed by atoms with van der Waals surface area (Å²) in [5, 5.41) is 7.85. The van der Waals surface area contributed by atoms with E-state index in [1.807, 2.05) is 6.26 Å². The molecular weight excluding hydrogens is 244 g/mol. The van der Waals surface area contributed by atoms with Crippen LogP contribution in [0.2, 0.25) is 5.15 Å². The lowest BCUT2D eigenvalue weighted by molar-refractivity contribution is 0.613. The van der Waals surface area contributed by atoms with Gasteiger partial charge >= 0.3 is 0 Å². The van der Waals surface area contributed by atoms with Gasteiger partial charge in [0.15, 0.2) is 5.16 Å². The van der Waals surface area contributed by atoms with Crippen molar-refractivity contribution in [2.75, 3.05) is 31.2 Å². The summed E-state index contributed by atoms with van der Waals surface area (Å²) in [6.07, 6.45) is 3.16. The molecule has 6 heteroatoms. The fourth-order valence-electron chi connectivity index (χ4n) is 1.72. The molecule has 1 fully saturated rings. The first-order valence-electron chi connectivity index (χ1n) is 5.31. The van der Waals surface area contributed by atoms with Gasteiger partial charge in [-0.15, -0.1) is 0 Å². The highest BCUT2D eigenvalue weighted by Gasteiger charge is 2.14. The summed E-state index contributed by atoms with van der Waals surface area (Å²) in [6, 6.07) is 1.77. The van der Waals surface area contributed by atoms with E-state index in [0.29, 0.717) is 16.2 Å². The number of nitrogens with one attached hydrogen (secondary N) is 2. The molecule has 0 bridgehead atoms. The lowest BCUT2D eigenvalue weighted by Crippen LogP contribution is -2.17. The van der Waals surface area contributed by atoms with E-state index in [1.165, 1.54) is 18.2 Å². The van der Waals surface area contributed by atoms with E-state index < -0.39 is 0 Å². The van der Waals surface area contributed by atoms with Gasteiger partial charge < -0.3 is 10.6 Å². The van der Waals surface area contributed by atoms with Gasteiger partial charge in [0.2, 0.25) is 0 Å². The molecule has 1 saturated heterocycles. The van der Waals surface area contributed by atoms with Crippen molar-refractivity contribution in [3.8, 4) is 0 Å². The first-order valence-corrected chi connectivity index (χ1v) is 6.91. The Bertz CT molecular complexity index is 355. The van der Waals surface area contributed by atoms with Crippen LogP contribution >= 0.6 is 23.4 Å². The Labute approximate surface area is 105 Å². The Balaban J connectivity index is 1.94. The van der Waals surface area contributed by atoms with Gasteiger partial charge in [-0.1, -0.05) is 23.4 Å². The lowest BCUT2D eigenvalue weighted by Gasteiger charge is -2.11. The highest BCUT2D eigenvalue weighted by Crippen LogP contribution is 2.18. The zero-order valence-corrected chi connectivity index (χ0v) is 10.7. The number of thioether (sulfide) groups is 1. The molecule has 2 heterocycles. The molecule has 1 atom stereocenters. The molecule has 16 heavy (non-hydrogen) atoms. The van der Waals surface area contributed by atoms with Crippen LogP contribution in [0.3, 0.4) is 0 Å². The van der Waals surface area contributed by atoms with Gasteiger partial charge in [0.25, 0.3) is 0 Å². The summed E-state index contributed by atoms with van der Waals surface area (Å²) >= 11 is 7.40. The standard InChI is InChI=1S/C10H15ClN4S/c1-16-10-14-8(11)4-9(15-10)13-6-7-2-3-12-5-7/h4,7,12H,2-3,5-6H2,1H3,(H,13,14,15)/t7-/m0/s1. The van der Waals surface area contributed by atoms with Crippen molar-refractivity contribution in [1.29, 1.82) is 0 Å². The second-order valence-corrected chi connectivity index (χ2v) is 4.96. The maximum atomic E-state index is 5.91. The molecule has 2 rings (SSSR count). The van der Waals surface area contributed by atoms with Gasteiger partial charge in [0.1, 0.15) is 11.0 Å². The summed E-state index contributed by atoms with van der Waals surface area (Å²) in [5.41, 5.74) is 0. The van der Waals surface area contributed by atoms with Crippen LogP contribution in [0, 0.1) is 5.92 Å². The maximum Gasteiger partial charge on any atom is 0.190 e. The van der Waals surface area contributed by atoms with Crippen LogP contribution < -0.4 is 10.6 Å². The van der Waals surface area contributed by atoms with E-state index in [-0.39, 0.29) is 0 Å². The van der Waals surface area contributed by atoms with Crippen LogP contribution in [0.25, 0.3) is 0 Å². The van der Waals surface area contributed by atoms with E-state index in [1.54, 1.807) is 6.07 Å². The van der Waals surface area contributed by atoms with Crippen LogP contribution in [0.1, 0.15) is 6.42 Å². The zero-order valence-electron chi connectivity index (χ0n) is 9.16. The maximum absolute atomic E-state index is 5.91. The molecule has 1 aliphatic rings. The predicted octanol–water partition coefficient (Wildman–Crippen LogP) is 1.87. The third kappa shape index (κ3) is 3.23. The van der Waals surface area contributed by atoms with Crippen molar-refractivity contribution >= 4 is 29.2 Å². The third-order valence-electron chi connectivity index (χ3n) is 2.59. The molecule has 0 amide bonds. The Kier molecular flexibility index (Phi) is 4.26. The molecule has 0 aliphatic carbocycles. The van der Waals surface area contributed by atoms with Gasteiger partial charge in [0, 0.05) is 12.6 Å². The predicted molar refractivity (Wildman–Crippen MR) is 68.3 cm³/mol. The summed E-state index contributed by atoms with van der Waals surface area (Å²) in [5.74, 6) is 1.50. The van der Waals surface area contributed by atoms with E-state index in [0.717, 1.165) is 25.5 Å². The number of hydrogen-bond acceptors (Lipinski definition) is 5. The molecule has 0 unspecified atom stereocenters. The minimum Gasteiger partial charge on any atom is -0.370 e. The van der Waals surface area contributed by atoms with E-state index in [4.69, 9.17) is 11.6 Å². The number of anilines is 1. The molecule has 1 aliphatic heterocycles. The molecule has 0 aromatic carbocycles. The highest BCUT2D eigenvalue weighted by atomic mass is 35.5. The second kappa shape index (κ2) is 5.70. The Hall–Kier alpha value is -0.520. The molecule has 4 nitrogen and oxygen atoms in total. The number of nitrogens with zero attached hydrogens (tertiary/aromatic N) is 2. The Morgan fingerprint density at radius 1 is 1.62 bits per heavy atom. The number of hydrogen-bond donors (Lipinski definition) is 2. The summed E-state index contributed by atoms with van der Waals surface area (Å²) in [6.45, 7) is 3.14. The fourth-order valence-corrected chi connectivity index (χ4v) is 2.33. The van der Waals surface area contributed by atoms with Crippen molar-refractivity contribution in [2.45, 2.75) is 11.6 Å². The van der Waals surface area contributed by atoms with Crippen molar-refractivity contribution in [1.82, 2.24) is 15.3 Å². The van der Waals surface area contributed by atoms with Gasteiger partial charge in [-0.05, 0) is 31.7 Å². The average molecular weight is 259 g/mol. The smallest absolute Gasteiger partial charge is 0.190 e. The van der Waals surface area contributed by atoms with E-state index in [9.17, 15) is 0 Å². The summed E-state index contributed by atoms with van der Waals surface area (Å²) in [4.78, 5) is 8.45. The van der Waals surface area contributed by atoms with E-state index >= 15 is 0 Å². The van der Waals surface area contributed by atoms with Gasteiger partial charge in [0.05, 0.1) is 0 Å². The second-order valence-electron chi connectivity index (χ2n) is 3.80. The molecule has 0 radical (unpaired) electrons. The van der Waals surface area contributed by atoms with Gasteiger partial charge in [-0.25, -0.2) is 9.97 Å². The molecular formula is C10H15ClN4S. The molecule has 88 valence electrons. The fraction of sp³-hybridized carbons (Fsp3) is 0.600. The lowest BCUT2D eigenvalue weighted by atomic mass is 10.1. The van der Waals surface area contributed by atoms with Crippen LogP contribution in [0.4, 0.5) is 5.82 Å². The number of halogens is 1. The Morgan fingerprint density at radius 3 is 3.19 bits per heavy atom. The van der Waals surface area contributed by atoms with Crippen LogP contribution in [0.15, 0.2) is 11.2 Å². The third-order valence-corrected chi connectivity index (χ3v) is 3.33. The molecule has 1 aromatic heterocycles. The average Bonchev–Trinajstić information content (AvgIpc) is 2.78. The highest BCUT2D eigenvalue weighted by molar-refractivity contribution is 7.98. The zero-order chi connectivity index (χ0) is 11.4. The molecule has 2 N–H and O–H groups in total. The van der Waals surface area contributed by atoms with Crippen molar-refractivity contribution in [3.05, 3.63) is 11.2 Å². The van der Waals surface area contributed by atoms with Crippen molar-refractivity contribution in [3.63, 3.8) is 0 Å². The minimum atomic E-state index is 0.492. The molecule has 0 spiro atoms. The Morgan fingerprint density at radius 2 is 2.50 bits per heavy atom. The van der Waals surface area contributed by atoms with Gasteiger partial charge in [-0.3, -0.25) is 0 Å². The minimum absolute atomic E-state index is 0.492. The van der Waals surface area contributed by atoms with Crippen molar-refractivity contribution in [2.24, 2.45) is 5.92 Å². The molecule has 0 saturated carbocycles. The molecule has 1 aromatic rings. The van der Waals surface area contributed by atoms with Crippen LogP contribution in [0.5, 0.6) is 0 Å². The number of rotatable bonds is 4. The number of aromatic nitrogens is 2. The largest absolute Gasteiger partial charge is 0.370 e. The quantitative estimate of drug-likeness (QED) is 0.491. The summed E-state index contributed by atoms with van der Waals surface area (Å²) < 4.78 is 0. The van der Waals surface area contributed by atoms with E-state index in [2.05, 4.69) is 20.6 Å². The normalized spacial score (nSPS) is 20.0. The monoisotopic (exact) mass is 258 g/mol. The first-order chi connectivity index (χ1) is 7.78. The topological polar surface area (TPSA) is 49.8 Å². The van der Waals surface area contributed by atoms with Crippen molar-refractivity contribution < 1.29 is 0 Å². The van der Waals surface area contributed by atoms with Crippen LogP contribution in [-0.2, 0) is 0 Å². The SMILES string of the molecule is CSc1nc(Cl)cc(NC[C@H]2CCNC2)n1.